The van der Waals surface area contributed by atoms with Crippen molar-refractivity contribution in [1.82, 2.24) is 14.9 Å². The van der Waals surface area contributed by atoms with E-state index in [-0.39, 0.29) is 12.5 Å². The number of carbonyl (C=O) groups is 1. The Labute approximate surface area is 228 Å². The first kappa shape index (κ1) is 26.1. The largest absolute Gasteiger partial charge is 0.496 e. The molecule has 8 heteroatoms. The molecule has 1 aromatic heterocycles. The van der Waals surface area contributed by atoms with Crippen LogP contribution in [0.5, 0.6) is 5.75 Å². The second-order valence-electron chi connectivity index (χ2n) is 9.59. The zero-order valence-corrected chi connectivity index (χ0v) is 22.2. The van der Waals surface area contributed by atoms with Gasteiger partial charge in [0, 0.05) is 57.2 Å². The van der Waals surface area contributed by atoms with Crippen molar-refractivity contribution in [3.63, 3.8) is 0 Å². The van der Waals surface area contributed by atoms with E-state index in [4.69, 9.17) is 9.47 Å². The van der Waals surface area contributed by atoms with Crippen LogP contribution in [-0.4, -0.2) is 67.8 Å². The van der Waals surface area contributed by atoms with Crippen LogP contribution in [0.25, 0.3) is 10.8 Å². The third kappa shape index (κ3) is 4.89. The van der Waals surface area contributed by atoms with Gasteiger partial charge in [-0.15, -0.1) is 0 Å². The maximum absolute atomic E-state index is 14.5. The number of nitrogens with zero attached hydrogens (tertiary/aromatic N) is 5. The number of amides is 1. The summed E-state index contributed by atoms with van der Waals surface area (Å²) >= 11 is 0. The quantitative estimate of drug-likeness (QED) is 0.342. The number of fused-ring (bicyclic) bond motifs is 1. The fourth-order valence-corrected chi connectivity index (χ4v) is 5.59. The summed E-state index contributed by atoms with van der Waals surface area (Å²) in [5, 5.41) is 12.9. The summed E-state index contributed by atoms with van der Waals surface area (Å²) in [6.45, 7) is 1.95. The maximum atomic E-state index is 14.5. The molecule has 5 rings (SSSR count). The molecule has 1 fully saturated rings. The lowest BCUT2D eigenvalue weighted by Crippen LogP contribution is -2.56. The summed E-state index contributed by atoms with van der Waals surface area (Å²) < 4.78 is 11.4. The van der Waals surface area contributed by atoms with Crippen LogP contribution in [0.3, 0.4) is 0 Å². The Morgan fingerprint density at radius 1 is 0.923 bits per heavy atom. The minimum absolute atomic E-state index is 0.0731. The van der Waals surface area contributed by atoms with Gasteiger partial charge < -0.3 is 19.3 Å². The van der Waals surface area contributed by atoms with Gasteiger partial charge in [-0.3, -0.25) is 4.79 Å². The van der Waals surface area contributed by atoms with E-state index in [0.29, 0.717) is 37.9 Å². The first-order chi connectivity index (χ1) is 19.1. The smallest absolute Gasteiger partial charge is 0.246 e. The Morgan fingerprint density at radius 2 is 1.59 bits per heavy atom. The highest BCUT2D eigenvalue weighted by Gasteiger charge is 2.51. The van der Waals surface area contributed by atoms with Crippen molar-refractivity contribution >= 4 is 22.6 Å². The molecule has 0 bridgehead atoms. The molecular weight excluding hydrogens is 490 g/mol. The number of piperazine rings is 1. The van der Waals surface area contributed by atoms with E-state index in [9.17, 15) is 10.1 Å². The lowest BCUT2D eigenvalue weighted by molar-refractivity contribution is -0.142. The highest BCUT2D eigenvalue weighted by atomic mass is 16.5. The van der Waals surface area contributed by atoms with Gasteiger partial charge in [-0.25, -0.2) is 9.97 Å². The molecule has 1 aliphatic rings. The summed E-state index contributed by atoms with van der Waals surface area (Å²) in [7, 11) is 3.14. The van der Waals surface area contributed by atoms with E-state index >= 15 is 0 Å². The predicted molar refractivity (Wildman–Crippen MR) is 150 cm³/mol. The van der Waals surface area contributed by atoms with Crippen molar-refractivity contribution in [3.8, 4) is 11.8 Å². The summed E-state index contributed by atoms with van der Waals surface area (Å²) in [5.41, 5.74) is 0.0966. The Hall–Kier alpha value is -4.48. The molecule has 3 aromatic carbocycles. The van der Waals surface area contributed by atoms with Gasteiger partial charge in [0.2, 0.25) is 11.9 Å². The Bertz CT molecular complexity index is 1480. The van der Waals surface area contributed by atoms with E-state index in [0.717, 1.165) is 21.9 Å². The number of anilines is 1. The minimum Gasteiger partial charge on any atom is -0.496 e. The molecule has 1 saturated heterocycles. The van der Waals surface area contributed by atoms with Gasteiger partial charge in [-0.1, -0.05) is 60.7 Å². The molecule has 4 aromatic rings. The standard InChI is InChI=1S/C31H31N5O3/c1-38-22-31(21-32,29(37)35-17-19-36(20-18-35)30-33-15-8-16-34-30)28(26-12-5-6-14-27(26)39-2)25-13-7-10-23-9-3-4-11-24(23)25/h3-16,28H,17-20,22H2,1-2H3. The van der Waals surface area contributed by atoms with Gasteiger partial charge in [0.1, 0.15) is 5.75 Å². The number of nitriles is 1. The zero-order chi connectivity index (χ0) is 27.2. The number of methoxy groups -OCH3 is 2. The minimum atomic E-state index is -1.54. The topological polar surface area (TPSA) is 91.6 Å². The normalized spacial score (nSPS) is 15.8. The first-order valence-electron chi connectivity index (χ1n) is 12.9. The van der Waals surface area contributed by atoms with Crippen LogP contribution in [0.2, 0.25) is 0 Å². The zero-order valence-electron chi connectivity index (χ0n) is 22.2. The van der Waals surface area contributed by atoms with Crippen molar-refractivity contribution in [2.45, 2.75) is 5.92 Å². The molecule has 0 N–H and O–H groups in total. The van der Waals surface area contributed by atoms with Gasteiger partial charge >= 0.3 is 0 Å². The molecule has 1 aliphatic heterocycles. The lowest BCUT2D eigenvalue weighted by Gasteiger charge is -2.41. The third-order valence-electron chi connectivity index (χ3n) is 7.43. The Morgan fingerprint density at radius 3 is 2.31 bits per heavy atom. The van der Waals surface area contributed by atoms with Crippen LogP contribution in [0.15, 0.2) is 85.2 Å². The Kier molecular flexibility index (Phi) is 7.71. The monoisotopic (exact) mass is 521 g/mol. The number of benzene rings is 3. The molecule has 2 unspecified atom stereocenters. The molecule has 1 amide bonds. The molecule has 0 radical (unpaired) electrons. The van der Waals surface area contributed by atoms with Crippen LogP contribution in [0, 0.1) is 16.7 Å². The number of hydrogen-bond acceptors (Lipinski definition) is 7. The maximum Gasteiger partial charge on any atom is 0.246 e. The van der Waals surface area contributed by atoms with Gasteiger partial charge in [0.25, 0.3) is 0 Å². The molecule has 198 valence electrons. The van der Waals surface area contributed by atoms with E-state index in [2.05, 4.69) is 20.9 Å². The van der Waals surface area contributed by atoms with Crippen molar-refractivity contribution in [1.29, 1.82) is 5.26 Å². The van der Waals surface area contributed by atoms with Crippen molar-refractivity contribution < 1.29 is 14.3 Å². The first-order valence-corrected chi connectivity index (χ1v) is 12.9. The van der Waals surface area contributed by atoms with Crippen LogP contribution in [0.4, 0.5) is 5.95 Å². The average molecular weight is 522 g/mol. The van der Waals surface area contributed by atoms with Gasteiger partial charge in [-0.05, 0) is 28.5 Å². The highest BCUT2D eigenvalue weighted by molar-refractivity contribution is 5.92. The molecule has 2 atom stereocenters. The number of carbonyl (C=O) groups excluding carboxylic acids is 1. The van der Waals surface area contributed by atoms with Crippen molar-refractivity contribution in [3.05, 3.63) is 96.3 Å². The molecule has 39 heavy (non-hydrogen) atoms. The molecule has 0 spiro atoms. The summed E-state index contributed by atoms with van der Waals surface area (Å²) in [6, 6.07) is 25.9. The van der Waals surface area contributed by atoms with Gasteiger partial charge in [0.05, 0.1) is 19.8 Å². The van der Waals surface area contributed by atoms with Crippen LogP contribution < -0.4 is 9.64 Å². The van der Waals surface area contributed by atoms with Gasteiger partial charge in [0.15, 0.2) is 5.41 Å². The number of ether oxygens (including phenoxy) is 2. The van der Waals surface area contributed by atoms with E-state index < -0.39 is 11.3 Å². The average Bonchev–Trinajstić information content (AvgIpc) is 3.01. The molecular formula is C31H31N5O3. The molecule has 0 aliphatic carbocycles. The predicted octanol–water partition coefficient (Wildman–Crippen LogP) is 4.28. The Balaban J connectivity index is 1.61. The van der Waals surface area contributed by atoms with E-state index in [1.165, 1.54) is 7.11 Å². The summed E-state index contributed by atoms with van der Waals surface area (Å²) in [6.07, 6.45) is 3.42. The summed E-state index contributed by atoms with van der Waals surface area (Å²) in [4.78, 5) is 27.1. The molecule has 8 nitrogen and oxygen atoms in total. The fraction of sp³-hybridized carbons (Fsp3) is 0.290. The number of para-hydroxylation sites is 1. The SMILES string of the molecule is COCC(C#N)(C(=O)N1CCN(c2ncccn2)CC1)C(c1ccccc1OC)c1cccc2ccccc12. The lowest BCUT2D eigenvalue weighted by atomic mass is 9.67. The van der Waals surface area contributed by atoms with E-state index in [1.807, 2.05) is 66.7 Å². The van der Waals surface area contributed by atoms with Crippen LogP contribution in [-0.2, 0) is 9.53 Å². The number of rotatable bonds is 8. The van der Waals surface area contributed by atoms with Crippen molar-refractivity contribution in [2.75, 3.05) is 51.9 Å². The van der Waals surface area contributed by atoms with Crippen LogP contribution in [0.1, 0.15) is 17.0 Å². The summed E-state index contributed by atoms with van der Waals surface area (Å²) in [5.74, 6) is 0.345. The number of aromatic nitrogens is 2. The van der Waals surface area contributed by atoms with Crippen LogP contribution >= 0.6 is 0 Å². The molecule has 2 heterocycles. The van der Waals surface area contributed by atoms with Crippen molar-refractivity contribution in [2.24, 2.45) is 5.41 Å². The molecule has 0 saturated carbocycles. The highest BCUT2D eigenvalue weighted by Crippen LogP contribution is 2.48. The second-order valence-corrected chi connectivity index (χ2v) is 9.59. The second kappa shape index (κ2) is 11.5. The number of hydrogen-bond donors (Lipinski definition) is 0. The van der Waals surface area contributed by atoms with Gasteiger partial charge in [-0.2, -0.15) is 5.26 Å². The third-order valence-corrected chi connectivity index (χ3v) is 7.43. The van der Waals surface area contributed by atoms with E-state index in [1.54, 1.807) is 30.5 Å². The fourth-order valence-electron chi connectivity index (χ4n) is 5.59.